The standard InChI is InChI=1S/C20H17ClN6O3/c21-12-3-6-17(24-10-12)30-13-4-1-11(2-5-13)19-26-15(18(22)28)9-16(27-19)25-14-7-8-23-20(14)29/h1-6,9-10,14H,7-8H2,(H2,22,28)(H,23,29)(H,25,26,27). The number of anilines is 1. The minimum absolute atomic E-state index is 0.0478. The van der Waals surface area contributed by atoms with Crippen molar-refractivity contribution in [1.82, 2.24) is 20.3 Å². The quantitative estimate of drug-likeness (QED) is 0.553. The molecule has 1 atom stereocenters. The molecule has 1 unspecified atom stereocenters. The summed E-state index contributed by atoms with van der Waals surface area (Å²) in [4.78, 5) is 36.3. The molecule has 0 saturated carbocycles. The van der Waals surface area contributed by atoms with E-state index in [2.05, 4.69) is 25.6 Å². The topological polar surface area (TPSA) is 132 Å². The number of benzene rings is 1. The van der Waals surface area contributed by atoms with Crippen LogP contribution < -0.4 is 21.1 Å². The third-order valence-corrected chi connectivity index (χ3v) is 4.61. The monoisotopic (exact) mass is 424 g/mol. The lowest BCUT2D eigenvalue weighted by molar-refractivity contribution is -0.119. The maximum absolute atomic E-state index is 11.8. The Morgan fingerprint density at radius 1 is 1.20 bits per heavy atom. The Kier molecular flexibility index (Phi) is 5.44. The van der Waals surface area contributed by atoms with E-state index in [1.54, 1.807) is 36.4 Å². The van der Waals surface area contributed by atoms with E-state index in [1.807, 2.05) is 0 Å². The minimum atomic E-state index is -0.689. The molecule has 1 fully saturated rings. The van der Waals surface area contributed by atoms with E-state index < -0.39 is 11.9 Å². The average Bonchev–Trinajstić information content (AvgIpc) is 3.14. The molecule has 152 valence electrons. The number of rotatable bonds is 6. The molecule has 0 spiro atoms. The third kappa shape index (κ3) is 4.47. The van der Waals surface area contributed by atoms with Crippen LogP contribution in [0.15, 0.2) is 48.7 Å². The van der Waals surface area contributed by atoms with E-state index in [-0.39, 0.29) is 11.6 Å². The number of aromatic nitrogens is 3. The van der Waals surface area contributed by atoms with Crippen molar-refractivity contribution in [2.75, 3.05) is 11.9 Å². The molecule has 4 rings (SSSR count). The molecule has 0 bridgehead atoms. The van der Waals surface area contributed by atoms with Crippen LogP contribution in [0.1, 0.15) is 16.9 Å². The molecule has 10 heteroatoms. The highest BCUT2D eigenvalue weighted by molar-refractivity contribution is 6.30. The smallest absolute Gasteiger partial charge is 0.267 e. The molecule has 1 aliphatic rings. The highest BCUT2D eigenvalue weighted by Crippen LogP contribution is 2.25. The van der Waals surface area contributed by atoms with Gasteiger partial charge in [0.25, 0.3) is 5.91 Å². The van der Waals surface area contributed by atoms with Crippen LogP contribution >= 0.6 is 11.6 Å². The molecule has 1 aliphatic heterocycles. The van der Waals surface area contributed by atoms with Crippen LogP contribution in [0, 0.1) is 0 Å². The summed E-state index contributed by atoms with van der Waals surface area (Å²) < 4.78 is 5.67. The van der Waals surface area contributed by atoms with E-state index in [0.717, 1.165) is 0 Å². The van der Waals surface area contributed by atoms with Gasteiger partial charge in [-0.15, -0.1) is 0 Å². The molecule has 9 nitrogen and oxygen atoms in total. The number of carbonyl (C=O) groups is 2. The molecular weight excluding hydrogens is 408 g/mol. The molecule has 2 amide bonds. The Bertz CT molecular complexity index is 1090. The van der Waals surface area contributed by atoms with Gasteiger partial charge in [0.05, 0.1) is 5.02 Å². The summed E-state index contributed by atoms with van der Waals surface area (Å²) in [5, 5.41) is 6.29. The Labute approximate surface area is 176 Å². The summed E-state index contributed by atoms with van der Waals surface area (Å²) >= 11 is 5.82. The third-order valence-electron chi connectivity index (χ3n) is 4.38. The van der Waals surface area contributed by atoms with Crippen LogP contribution in [0.2, 0.25) is 5.02 Å². The largest absolute Gasteiger partial charge is 0.439 e. The molecular formula is C20H17ClN6O3. The van der Waals surface area contributed by atoms with Gasteiger partial charge in [-0.25, -0.2) is 15.0 Å². The van der Waals surface area contributed by atoms with Gasteiger partial charge in [-0.2, -0.15) is 0 Å². The number of primary amides is 1. The Morgan fingerprint density at radius 3 is 2.63 bits per heavy atom. The number of nitrogens with one attached hydrogen (secondary N) is 2. The predicted octanol–water partition coefficient (Wildman–Crippen LogP) is 2.38. The van der Waals surface area contributed by atoms with Crippen molar-refractivity contribution in [3.8, 4) is 23.0 Å². The first kappa shape index (κ1) is 19.6. The van der Waals surface area contributed by atoms with Crippen LogP contribution in [-0.2, 0) is 4.79 Å². The fourth-order valence-corrected chi connectivity index (χ4v) is 3.01. The van der Waals surface area contributed by atoms with Gasteiger partial charge in [0.2, 0.25) is 11.8 Å². The van der Waals surface area contributed by atoms with Crippen molar-refractivity contribution in [1.29, 1.82) is 0 Å². The predicted molar refractivity (Wildman–Crippen MR) is 110 cm³/mol. The SMILES string of the molecule is NC(=O)c1cc(NC2CCNC2=O)nc(-c2ccc(Oc3ccc(Cl)cn3)cc2)n1. The Balaban J connectivity index is 1.58. The van der Waals surface area contributed by atoms with Crippen molar-refractivity contribution in [2.45, 2.75) is 12.5 Å². The Hall–Kier alpha value is -3.72. The van der Waals surface area contributed by atoms with Gasteiger partial charge in [-0.3, -0.25) is 9.59 Å². The fraction of sp³-hybridized carbons (Fsp3) is 0.150. The number of ether oxygens (including phenoxy) is 1. The lowest BCUT2D eigenvalue weighted by Crippen LogP contribution is -2.30. The molecule has 4 N–H and O–H groups in total. The fourth-order valence-electron chi connectivity index (χ4n) is 2.90. The maximum atomic E-state index is 11.8. The first-order chi connectivity index (χ1) is 14.5. The lowest BCUT2D eigenvalue weighted by Gasteiger charge is -2.13. The summed E-state index contributed by atoms with van der Waals surface area (Å²) in [6.45, 7) is 0.584. The van der Waals surface area contributed by atoms with E-state index in [1.165, 1.54) is 12.3 Å². The second-order valence-electron chi connectivity index (χ2n) is 6.54. The zero-order valence-corrected chi connectivity index (χ0v) is 16.4. The van der Waals surface area contributed by atoms with Crippen molar-refractivity contribution < 1.29 is 14.3 Å². The van der Waals surface area contributed by atoms with E-state index in [9.17, 15) is 9.59 Å². The summed E-state index contributed by atoms with van der Waals surface area (Å²) in [6, 6.07) is 11.3. The number of hydrogen-bond acceptors (Lipinski definition) is 7. The van der Waals surface area contributed by atoms with E-state index in [4.69, 9.17) is 22.1 Å². The summed E-state index contributed by atoms with van der Waals surface area (Å²) in [6.07, 6.45) is 2.11. The zero-order valence-electron chi connectivity index (χ0n) is 15.6. The van der Waals surface area contributed by atoms with Crippen LogP contribution in [0.5, 0.6) is 11.6 Å². The van der Waals surface area contributed by atoms with Gasteiger partial charge in [0, 0.05) is 30.4 Å². The normalized spacial score (nSPS) is 15.5. The van der Waals surface area contributed by atoms with E-state index in [0.29, 0.717) is 46.8 Å². The van der Waals surface area contributed by atoms with Crippen molar-refractivity contribution in [3.05, 3.63) is 59.4 Å². The summed E-state index contributed by atoms with van der Waals surface area (Å²) in [5.74, 6) is 0.797. The van der Waals surface area contributed by atoms with Gasteiger partial charge in [-0.05, 0) is 36.8 Å². The number of pyridine rings is 1. The first-order valence-electron chi connectivity index (χ1n) is 9.11. The molecule has 0 radical (unpaired) electrons. The van der Waals surface area contributed by atoms with Gasteiger partial charge in [0.1, 0.15) is 23.3 Å². The number of nitrogens with two attached hydrogens (primary N) is 1. The van der Waals surface area contributed by atoms with Gasteiger partial charge in [0.15, 0.2) is 5.82 Å². The summed E-state index contributed by atoms with van der Waals surface area (Å²) in [7, 11) is 0. The Morgan fingerprint density at radius 2 is 2.00 bits per heavy atom. The second-order valence-corrected chi connectivity index (χ2v) is 6.98. The number of hydrogen-bond donors (Lipinski definition) is 3. The molecule has 1 saturated heterocycles. The maximum Gasteiger partial charge on any atom is 0.267 e. The summed E-state index contributed by atoms with van der Waals surface area (Å²) in [5.41, 5.74) is 6.11. The number of carbonyl (C=O) groups excluding carboxylic acids is 2. The molecule has 1 aromatic carbocycles. The van der Waals surface area contributed by atoms with Gasteiger partial charge < -0.3 is 21.1 Å². The average molecular weight is 425 g/mol. The van der Waals surface area contributed by atoms with Crippen LogP contribution in [0.4, 0.5) is 5.82 Å². The number of nitrogens with zero attached hydrogens (tertiary/aromatic N) is 3. The van der Waals surface area contributed by atoms with Crippen LogP contribution in [0.25, 0.3) is 11.4 Å². The molecule has 3 aromatic rings. The van der Waals surface area contributed by atoms with Gasteiger partial charge >= 0.3 is 0 Å². The van der Waals surface area contributed by atoms with Crippen molar-refractivity contribution in [2.24, 2.45) is 5.73 Å². The highest BCUT2D eigenvalue weighted by Gasteiger charge is 2.24. The highest BCUT2D eigenvalue weighted by atomic mass is 35.5. The first-order valence-corrected chi connectivity index (χ1v) is 9.49. The minimum Gasteiger partial charge on any atom is -0.439 e. The van der Waals surface area contributed by atoms with Crippen molar-refractivity contribution in [3.63, 3.8) is 0 Å². The number of amides is 2. The van der Waals surface area contributed by atoms with E-state index >= 15 is 0 Å². The molecule has 0 aliphatic carbocycles. The van der Waals surface area contributed by atoms with Crippen LogP contribution in [0.3, 0.4) is 0 Å². The number of halogens is 1. The van der Waals surface area contributed by atoms with Gasteiger partial charge in [-0.1, -0.05) is 11.6 Å². The second kappa shape index (κ2) is 8.34. The molecule has 2 aromatic heterocycles. The molecule has 3 heterocycles. The molecule has 30 heavy (non-hydrogen) atoms. The van der Waals surface area contributed by atoms with Crippen molar-refractivity contribution >= 4 is 29.2 Å². The van der Waals surface area contributed by atoms with Crippen LogP contribution in [-0.4, -0.2) is 39.4 Å². The lowest BCUT2D eigenvalue weighted by atomic mass is 10.2. The zero-order chi connectivity index (χ0) is 21.1.